The van der Waals surface area contributed by atoms with Gasteiger partial charge in [-0.05, 0) is 18.6 Å². The van der Waals surface area contributed by atoms with Gasteiger partial charge in [0.05, 0.1) is 25.9 Å². The normalized spacial score (nSPS) is 17.9. The van der Waals surface area contributed by atoms with Crippen LogP contribution in [0.3, 0.4) is 0 Å². The number of fused-ring (bicyclic) bond motifs is 1. The van der Waals surface area contributed by atoms with Crippen LogP contribution in [0.25, 0.3) is 0 Å². The lowest BCUT2D eigenvalue weighted by Gasteiger charge is -2.27. The quantitative estimate of drug-likeness (QED) is 0.717. The third kappa shape index (κ3) is 5.95. The Hall–Kier alpha value is -2.26. The number of benzene rings is 1. The van der Waals surface area contributed by atoms with Gasteiger partial charge < -0.3 is 14.8 Å². The molecule has 134 valence electrons. The van der Waals surface area contributed by atoms with Crippen LogP contribution in [0.4, 0.5) is 0 Å². The Bertz CT molecular complexity index is 641. The van der Waals surface area contributed by atoms with E-state index in [0.29, 0.717) is 19.8 Å². The van der Waals surface area contributed by atoms with Gasteiger partial charge in [-0.25, -0.2) is 0 Å². The van der Waals surface area contributed by atoms with Gasteiger partial charge in [0.1, 0.15) is 5.76 Å². The Morgan fingerprint density at radius 2 is 1.84 bits per heavy atom. The summed E-state index contributed by atoms with van der Waals surface area (Å²) in [6.45, 7) is 8.10. The molecule has 2 aliphatic rings. The van der Waals surface area contributed by atoms with Gasteiger partial charge in [0.15, 0.2) is 0 Å². The highest BCUT2D eigenvalue weighted by Crippen LogP contribution is 2.24. The Balaban J connectivity index is 0.00000109. The number of hydrogen-bond donors (Lipinski definition) is 1. The van der Waals surface area contributed by atoms with E-state index in [1.807, 2.05) is 38.1 Å². The summed E-state index contributed by atoms with van der Waals surface area (Å²) in [6, 6.07) is 10.5. The van der Waals surface area contributed by atoms with Gasteiger partial charge in [0, 0.05) is 17.7 Å². The third-order valence-electron chi connectivity index (χ3n) is 3.84. The molecule has 1 heterocycles. The van der Waals surface area contributed by atoms with E-state index in [9.17, 15) is 0 Å². The van der Waals surface area contributed by atoms with Gasteiger partial charge in [-0.1, -0.05) is 68.5 Å². The van der Waals surface area contributed by atoms with Crippen molar-refractivity contribution < 1.29 is 9.47 Å². The van der Waals surface area contributed by atoms with Gasteiger partial charge in [-0.3, -0.25) is 0 Å². The molecule has 0 saturated carbocycles. The van der Waals surface area contributed by atoms with E-state index in [2.05, 4.69) is 48.7 Å². The molecular weight excluding hydrogens is 310 g/mol. The maximum atomic E-state index is 5.97. The second-order valence-corrected chi connectivity index (χ2v) is 5.75. The zero-order valence-electron chi connectivity index (χ0n) is 15.5. The summed E-state index contributed by atoms with van der Waals surface area (Å²) >= 11 is 0. The summed E-state index contributed by atoms with van der Waals surface area (Å²) < 4.78 is 11.7. The summed E-state index contributed by atoms with van der Waals surface area (Å²) in [5.74, 6) is 0.968. The van der Waals surface area contributed by atoms with Crippen LogP contribution in [-0.2, 0) is 16.1 Å². The second-order valence-electron chi connectivity index (χ2n) is 5.75. The molecular formula is C22H29NO2. The monoisotopic (exact) mass is 339 g/mol. The van der Waals surface area contributed by atoms with Gasteiger partial charge in [-0.15, -0.1) is 0 Å². The first kappa shape index (κ1) is 19.1. The highest BCUT2D eigenvalue weighted by Gasteiger charge is 2.20. The molecule has 1 aromatic carbocycles. The molecule has 3 rings (SSSR count). The van der Waals surface area contributed by atoms with Gasteiger partial charge in [0.25, 0.3) is 0 Å². The Labute approximate surface area is 151 Å². The molecule has 0 radical (unpaired) electrons. The minimum atomic E-state index is 0.231. The lowest BCUT2D eigenvalue weighted by molar-refractivity contribution is 0.0968. The van der Waals surface area contributed by atoms with E-state index in [-0.39, 0.29) is 6.04 Å². The SMILES string of the molecule is CC.CC1=CC(OCCCOCc2ccccc2)=C2C=CC=CC2N1. The smallest absolute Gasteiger partial charge is 0.126 e. The molecule has 1 aromatic rings. The molecule has 0 aromatic heterocycles. The van der Waals surface area contributed by atoms with Crippen molar-refractivity contribution in [3.63, 3.8) is 0 Å². The van der Waals surface area contributed by atoms with Crippen LogP contribution < -0.4 is 5.32 Å². The van der Waals surface area contributed by atoms with E-state index < -0.39 is 0 Å². The lowest BCUT2D eigenvalue weighted by atomic mass is 9.97. The van der Waals surface area contributed by atoms with E-state index in [4.69, 9.17) is 9.47 Å². The molecule has 1 aliphatic heterocycles. The highest BCUT2D eigenvalue weighted by molar-refractivity contribution is 5.45. The number of nitrogens with one attached hydrogen (secondary N) is 1. The molecule has 1 N–H and O–H groups in total. The van der Waals surface area contributed by atoms with E-state index in [1.54, 1.807) is 0 Å². The molecule has 3 nitrogen and oxygen atoms in total. The molecule has 0 spiro atoms. The number of dihydropyridines is 1. The molecule has 1 atom stereocenters. The maximum absolute atomic E-state index is 5.97. The summed E-state index contributed by atoms with van der Waals surface area (Å²) in [6.07, 6.45) is 11.3. The minimum absolute atomic E-state index is 0.231. The first-order valence-electron chi connectivity index (χ1n) is 9.11. The molecule has 0 saturated heterocycles. The molecule has 1 unspecified atom stereocenters. The Morgan fingerprint density at radius 3 is 2.64 bits per heavy atom. The molecule has 1 aliphatic carbocycles. The minimum Gasteiger partial charge on any atom is -0.493 e. The fourth-order valence-electron chi connectivity index (χ4n) is 2.70. The third-order valence-corrected chi connectivity index (χ3v) is 3.84. The number of ether oxygens (including phenoxy) is 2. The van der Waals surface area contributed by atoms with Crippen molar-refractivity contribution in [2.24, 2.45) is 0 Å². The van der Waals surface area contributed by atoms with Crippen molar-refractivity contribution in [3.05, 3.63) is 83.3 Å². The zero-order valence-corrected chi connectivity index (χ0v) is 15.5. The first-order valence-corrected chi connectivity index (χ1v) is 9.11. The lowest BCUT2D eigenvalue weighted by Crippen LogP contribution is -2.32. The number of hydrogen-bond acceptors (Lipinski definition) is 3. The molecule has 0 fully saturated rings. The standard InChI is InChI=1S/C20H23NO2.C2H6/c1-16-14-20(18-10-5-6-11-19(18)21-16)23-13-7-12-22-15-17-8-3-2-4-9-17;1-2/h2-6,8-11,14,19,21H,7,12-13,15H2,1H3;1-2H3. The predicted molar refractivity (Wildman–Crippen MR) is 104 cm³/mol. The summed E-state index contributed by atoms with van der Waals surface area (Å²) in [5.41, 5.74) is 3.54. The summed E-state index contributed by atoms with van der Waals surface area (Å²) in [5, 5.41) is 3.44. The van der Waals surface area contributed by atoms with Crippen molar-refractivity contribution in [2.75, 3.05) is 13.2 Å². The Kier molecular flexibility index (Phi) is 8.06. The largest absolute Gasteiger partial charge is 0.493 e. The van der Waals surface area contributed by atoms with Crippen LogP contribution in [0.2, 0.25) is 0 Å². The fourth-order valence-corrected chi connectivity index (χ4v) is 2.70. The van der Waals surface area contributed by atoms with Crippen LogP contribution in [0.15, 0.2) is 77.7 Å². The molecule has 3 heteroatoms. The summed E-state index contributed by atoms with van der Waals surface area (Å²) in [4.78, 5) is 0. The van der Waals surface area contributed by atoms with Crippen molar-refractivity contribution in [1.82, 2.24) is 5.32 Å². The van der Waals surface area contributed by atoms with Crippen LogP contribution >= 0.6 is 0 Å². The number of rotatable bonds is 7. The van der Waals surface area contributed by atoms with Gasteiger partial charge in [0.2, 0.25) is 0 Å². The van der Waals surface area contributed by atoms with E-state index in [0.717, 1.165) is 17.9 Å². The zero-order chi connectivity index (χ0) is 17.9. The van der Waals surface area contributed by atoms with E-state index in [1.165, 1.54) is 11.1 Å². The van der Waals surface area contributed by atoms with Crippen molar-refractivity contribution in [3.8, 4) is 0 Å². The first-order chi connectivity index (χ1) is 12.3. The Morgan fingerprint density at radius 1 is 1.04 bits per heavy atom. The van der Waals surface area contributed by atoms with Crippen LogP contribution in [0, 0.1) is 0 Å². The molecule has 0 bridgehead atoms. The van der Waals surface area contributed by atoms with Crippen molar-refractivity contribution >= 4 is 0 Å². The van der Waals surface area contributed by atoms with Crippen molar-refractivity contribution in [1.29, 1.82) is 0 Å². The van der Waals surface area contributed by atoms with Crippen LogP contribution in [0.1, 0.15) is 32.8 Å². The topological polar surface area (TPSA) is 30.5 Å². The fraction of sp³-hybridized carbons (Fsp3) is 0.364. The van der Waals surface area contributed by atoms with Crippen LogP contribution in [-0.4, -0.2) is 19.3 Å². The van der Waals surface area contributed by atoms with Crippen LogP contribution in [0.5, 0.6) is 0 Å². The second kappa shape index (κ2) is 10.6. The van der Waals surface area contributed by atoms with E-state index >= 15 is 0 Å². The predicted octanol–water partition coefficient (Wildman–Crippen LogP) is 4.89. The van der Waals surface area contributed by atoms with Gasteiger partial charge >= 0.3 is 0 Å². The average molecular weight is 339 g/mol. The van der Waals surface area contributed by atoms with Gasteiger partial charge in [-0.2, -0.15) is 0 Å². The van der Waals surface area contributed by atoms with Crippen molar-refractivity contribution in [2.45, 2.75) is 39.8 Å². The molecule has 25 heavy (non-hydrogen) atoms. The average Bonchev–Trinajstić information content (AvgIpc) is 2.66. The number of allylic oxidation sites excluding steroid dienone is 4. The molecule has 0 amide bonds. The maximum Gasteiger partial charge on any atom is 0.126 e. The summed E-state index contributed by atoms with van der Waals surface area (Å²) in [7, 11) is 0. The highest BCUT2D eigenvalue weighted by atomic mass is 16.5.